The van der Waals surface area contributed by atoms with Crippen LogP contribution in [0.2, 0.25) is 0 Å². The van der Waals surface area contributed by atoms with Crippen LogP contribution in [0.4, 0.5) is 4.79 Å². The van der Waals surface area contributed by atoms with Crippen molar-refractivity contribution in [3.05, 3.63) is 24.4 Å². The van der Waals surface area contributed by atoms with Crippen LogP contribution in [-0.4, -0.2) is 44.1 Å². The molecule has 0 aromatic carbocycles. The Bertz CT molecular complexity index is 640. The average Bonchev–Trinajstić information content (AvgIpc) is 3.27. The van der Waals surface area contributed by atoms with E-state index in [0.717, 1.165) is 19.5 Å². The molecule has 1 saturated carbocycles. The van der Waals surface area contributed by atoms with E-state index < -0.39 is 0 Å². The van der Waals surface area contributed by atoms with Gasteiger partial charge < -0.3 is 14.7 Å². The molecule has 1 aliphatic rings. The Morgan fingerprint density at radius 1 is 1.35 bits per heavy atom. The number of nitrogens with zero attached hydrogens (tertiary/aromatic N) is 5. The summed E-state index contributed by atoms with van der Waals surface area (Å²) in [6, 6.07) is 1.63. The SMILES string of the molecule is CCCN(CC1CC1)C(=O)NCc1nc(-c2ncccn2)no1. The molecule has 0 saturated heterocycles. The smallest absolute Gasteiger partial charge is 0.317 e. The van der Waals surface area contributed by atoms with Gasteiger partial charge in [-0.05, 0) is 31.2 Å². The lowest BCUT2D eigenvalue weighted by molar-refractivity contribution is 0.193. The highest BCUT2D eigenvalue weighted by Crippen LogP contribution is 2.29. The third-order valence-corrected chi connectivity index (χ3v) is 3.58. The van der Waals surface area contributed by atoms with Crippen LogP contribution < -0.4 is 5.32 Å². The second-order valence-corrected chi connectivity index (χ2v) is 5.63. The molecule has 0 bridgehead atoms. The number of aromatic nitrogens is 4. The minimum atomic E-state index is -0.0885. The minimum Gasteiger partial charge on any atom is -0.337 e. The van der Waals surface area contributed by atoms with Gasteiger partial charge in [-0.2, -0.15) is 4.98 Å². The first kappa shape index (κ1) is 15.4. The molecule has 2 amide bonds. The Balaban J connectivity index is 1.55. The van der Waals surface area contributed by atoms with Gasteiger partial charge in [-0.3, -0.25) is 0 Å². The predicted octanol–water partition coefficient (Wildman–Crippen LogP) is 1.86. The molecule has 0 unspecified atom stereocenters. The summed E-state index contributed by atoms with van der Waals surface area (Å²) in [7, 11) is 0. The van der Waals surface area contributed by atoms with Crippen molar-refractivity contribution in [3.63, 3.8) is 0 Å². The van der Waals surface area contributed by atoms with Crippen molar-refractivity contribution in [2.24, 2.45) is 5.92 Å². The number of rotatable bonds is 7. The van der Waals surface area contributed by atoms with Crippen LogP contribution in [0.3, 0.4) is 0 Å². The summed E-state index contributed by atoms with van der Waals surface area (Å²) < 4.78 is 5.13. The second-order valence-electron chi connectivity index (χ2n) is 5.63. The Morgan fingerprint density at radius 2 is 2.13 bits per heavy atom. The van der Waals surface area contributed by atoms with Gasteiger partial charge in [0.2, 0.25) is 17.5 Å². The topological polar surface area (TPSA) is 97.0 Å². The molecule has 0 aliphatic heterocycles. The number of hydrogen-bond donors (Lipinski definition) is 1. The fourth-order valence-corrected chi connectivity index (χ4v) is 2.25. The Labute approximate surface area is 134 Å². The Hall–Kier alpha value is -2.51. The van der Waals surface area contributed by atoms with Gasteiger partial charge in [0.1, 0.15) is 0 Å². The van der Waals surface area contributed by atoms with Gasteiger partial charge >= 0.3 is 6.03 Å². The monoisotopic (exact) mass is 316 g/mol. The summed E-state index contributed by atoms with van der Waals surface area (Å²) in [5.74, 6) is 1.72. The molecular weight excluding hydrogens is 296 g/mol. The number of urea groups is 1. The molecule has 3 rings (SSSR count). The molecular formula is C15H20N6O2. The van der Waals surface area contributed by atoms with Crippen LogP contribution in [0.25, 0.3) is 11.6 Å². The lowest BCUT2D eigenvalue weighted by Crippen LogP contribution is -2.41. The molecule has 0 atom stereocenters. The molecule has 0 spiro atoms. The van der Waals surface area contributed by atoms with E-state index in [1.807, 2.05) is 4.90 Å². The van der Waals surface area contributed by atoms with E-state index >= 15 is 0 Å². The van der Waals surface area contributed by atoms with E-state index in [0.29, 0.717) is 23.5 Å². The summed E-state index contributed by atoms with van der Waals surface area (Å²) in [5, 5.41) is 6.66. The quantitative estimate of drug-likeness (QED) is 0.837. The van der Waals surface area contributed by atoms with Crippen molar-refractivity contribution in [1.82, 2.24) is 30.3 Å². The first-order chi connectivity index (χ1) is 11.3. The number of carbonyl (C=O) groups is 1. The van der Waals surface area contributed by atoms with E-state index in [1.165, 1.54) is 12.8 Å². The molecule has 23 heavy (non-hydrogen) atoms. The van der Waals surface area contributed by atoms with Crippen LogP contribution in [0.1, 0.15) is 32.1 Å². The summed E-state index contributed by atoms with van der Waals surface area (Å²) in [4.78, 5) is 26.4. The van der Waals surface area contributed by atoms with Gasteiger partial charge in [-0.25, -0.2) is 14.8 Å². The summed E-state index contributed by atoms with van der Waals surface area (Å²) in [6.07, 6.45) is 6.60. The van der Waals surface area contributed by atoms with Gasteiger partial charge in [0.05, 0.1) is 6.54 Å². The van der Waals surface area contributed by atoms with Crippen LogP contribution in [0.15, 0.2) is 23.0 Å². The lowest BCUT2D eigenvalue weighted by Gasteiger charge is -2.21. The van der Waals surface area contributed by atoms with E-state index in [-0.39, 0.29) is 12.6 Å². The molecule has 122 valence electrons. The third kappa shape index (κ3) is 4.24. The normalized spacial score (nSPS) is 13.8. The first-order valence-corrected chi connectivity index (χ1v) is 7.89. The lowest BCUT2D eigenvalue weighted by atomic mass is 10.3. The largest absolute Gasteiger partial charge is 0.337 e. The van der Waals surface area contributed by atoms with Crippen LogP contribution >= 0.6 is 0 Å². The van der Waals surface area contributed by atoms with Crippen molar-refractivity contribution in [2.75, 3.05) is 13.1 Å². The van der Waals surface area contributed by atoms with E-state index in [9.17, 15) is 4.79 Å². The Morgan fingerprint density at radius 3 is 2.83 bits per heavy atom. The standard InChI is InChI=1S/C15H20N6O2/c1-2-8-21(10-11-4-5-11)15(22)18-9-12-19-14(20-23-12)13-16-6-3-7-17-13/h3,6-7,11H,2,4-5,8-10H2,1H3,(H,18,22). The molecule has 2 aromatic rings. The molecule has 2 aromatic heterocycles. The molecule has 8 heteroatoms. The van der Waals surface area contributed by atoms with E-state index in [4.69, 9.17) is 4.52 Å². The third-order valence-electron chi connectivity index (χ3n) is 3.58. The van der Waals surface area contributed by atoms with Gasteiger partial charge in [-0.15, -0.1) is 0 Å². The summed E-state index contributed by atoms with van der Waals surface area (Å²) >= 11 is 0. The van der Waals surface area contributed by atoms with Gasteiger partial charge in [-0.1, -0.05) is 12.1 Å². The highest BCUT2D eigenvalue weighted by molar-refractivity contribution is 5.74. The molecule has 1 N–H and O–H groups in total. The van der Waals surface area contributed by atoms with Crippen molar-refractivity contribution in [1.29, 1.82) is 0 Å². The average molecular weight is 316 g/mol. The number of amides is 2. The molecule has 8 nitrogen and oxygen atoms in total. The summed E-state index contributed by atoms with van der Waals surface area (Å²) in [6.45, 7) is 3.85. The molecule has 1 aliphatic carbocycles. The first-order valence-electron chi connectivity index (χ1n) is 7.89. The van der Waals surface area contributed by atoms with Gasteiger partial charge in [0.25, 0.3) is 0 Å². The number of carbonyl (C=O) groups excluding carboxylic acids is 1. The number of hydrogen-bond acceptors (Lipinski definition) is 6. The van der Waals surface area contributed by atoms with Crippen molar-refractivity contribution in [2.45, 2.75) is 32.7 Å². The fraction of sp³-hybridized carbons (Fsp3) is 0.533. The molecule has 1 fully saturated rings. The van der Waals surface area contributed by atoms with E-state index in [1.54, 1.807) is 18.5 Å². The maximum atomic E-state index is 12.2. The van der Waals surface area contributed by atoms with Crippen LogP contribution in [-0.2, 0) is 6.54 Å². The maximum Gasteiger partial charge on any atom is 0.317 e. The van der Waals surface area contributed by atoms with E-state index in [2.05, 4.69) is 32.3 Å². The number of nitrogens with one attached hydrogen (secondary N) is 1. The molecule has 2 heterocycles. The second kappa shape index (κ2) is 7.17. The van der Waals surface area contributed by atoms with Gasteiger partial charge in [0.15, 0.2) is 0 Å². The maximum absolute atomic E-state index is 12.2. The van der Waals surface area contributed by atoms with Crippen molar-refractivity contribution < 1.29 is 9.32 Å². The van der Waals surface area contributed by atoms with Gasteiger partial charge in [0, 0.05) is 25.5 Å². The fourth-order valence-electron chi connectivity index (χ4n) is 2.25. The predicted molar refractivity (Wildman–Crippen MR) is 82.1 cm³/mol. The zero-order chi connectivity index (χ0) is 16.1. The minimum absolute atomic E-state index is 0.0885. The molecule has 0 radical (unpaired) electrons. The highest BCUT2D eigenvalue weighted by Gasteiger charge is 2.26. The van der Waals surface area contributed by atoms with Crippen molar-refractivity contribution in [3.8, 4) is 11.6 Å². The zero-order valence-electron chi connectivity index (χ0n) is 13.1. The van der Waals surface area contributed by atoms with Crippen molar-refractivity contribution >= 4 is 6.03 Å². The highest BCUT2D eigenvalue weighted by atomic mass is 16.5. The summed E-state index contributed by atoms with van der Waals surface area (Å²) in [5.41, 5.74) is 0. The van der Waals surface area contributed by atoms with Crippen LogP contribution in [0, 0.1) is 5.92 Å². The Kier molecular flexibility index (Phi) is 4.80. The van der Waals surface area contributed by atoms with Crippen LogP contribution in [0.5, 0.6) is 0 Å². The zero-order valence-corrected chi connectivity index (χ0v) is 13.1.